The molecule has 0 radical (unpaired) electrons. The van der Waals surface area contributed by atoms with Crippen LogP contribution >= 0.6 is 0 Å². The van der Waals surface area contributed by atoms with E-state index in [1.54, 1.807) is 24.3 Å². The highest BCUT2D eigenvalue weighted by molar-refractivity contribution is 5.94. The molecule has 4 rings (SSSR count). The van der Waals surface area contributed by atoms with E-state index in [1.807, 2.05) is 31.4 Å². The Morgan fingerprint density at radius 3 is 2.83 bits per heavy atom. The van der Waals surface area contributed by atoms with Gasteiger partial charge in [0.15, 0.2) is 0 Å². The molecule has 0 spiro atoms. The fourth-order valence-corrected chi connectivity index (χ4v) is 3.53. The van der Waals surface area contributed by atoms with Crippen LogP contribution in [0.1, 0.15) is 27.2 Å². The summed E-state index contributed by atoms with van der Waals surface area (Å²) >= 11 is 0. The molecule has 0 unspecified atom stereocenters. The van der Waals surface area contributed by atoms with E-state index in [1.165, 1.54) is 11.8 Å². The highest BCUT2D eigenvalue weighted by Crippen LogP contribution is 2.25. The number of halogens is 1. The van der Waals surface area contributed by atoms with Gasteiger partial charge < -0.3 is 14.6 Å². The second-order valence-electron chi connectivity index (χ2n) is 7.27. The first-order valence-corrected chi connectivity index (χ1v) is 9.70. The number of nitrogens with zero attached hydrogens (tertiary/aromatic N) is 2. The van der Waals surface area contributed by atoms with Crippen molar-refractivity contribution in [2.75, 3.05) is 13.2 Å². The Hall–Kier alpha value is -3.12. The molecule has 0 bridgehead atoms. The van der Waals surface area contributed by atoms with Gasteiger partial charge in [-0.05, 0) is 36.4 Å². The van der Waals surface area contributed by atoms with Crippen LogP contribution in [0.4, 0.5) is 4.39 Å². The highest BCUT2D eigenvalue weighted by atomic mass is 19.1. The van der Waals surface area contributed by atoms with Gasteiger partial charge in [-0.1, -0.05) is 18.2 Å². The number of hydrogen-bond acceptors (Lipinski definition) is 3. The molecule has 150 valence electrons. The van der Waals surface area contributed by atoms with Crippen LogP contribution in [0.5, 0.6) is 5.75 Å². The maximum atomic E-state index is 13.8. The van der Waals surface area contributed by atoms with Gasteiger partial charge >= 0.3 is 0 Å². The van der Waals surface area contributed by atoms with Crippen molar-refractivity contribution >= 4 is 5.91 Å². The Bertz CT molecular complexity index is 1010. The number of carbonyl (C=O) groups excluding carboxylic acids is 1. The largest absolute Gasteiger partial charge is 0.492 e. The lowest BCUT2D eigenvalue weighted by atomic mass is 10.1. The zero-order valence-electron chi connectivity index (χ0n) is 16.4. The molecular formula is C23H24FN3O2. The molecule has 1 N–H and O–H groups in total. The van der Waals surface area contributed by atoms with E-state index < -0.39 is 0 Å². The second-order valence-corrected chi connectivity index (χ2v) is 7.27. The zero-order valence-corrected chi connectivity index (χ0v) is 16.4. The van der Waals surface area contributed by atoms with Crippen molar-refractivity contribution in [2.24, 2.45) is 7.05 Å². The molecule has 29 heavy (non-hydrogen) atoms. The van der Waals surface area contributed by atoms with E-state index in [2.05, 4.69) is 20.9 Å². The van der Waals surface area contributed by atoms with Crippen molar-refractivity contribution < 1.29 is 13.9 Å². The third-order valence-electron chi connectivity index (χ3n) is 5.22. The molecule has 1 amide bonds. The maximum absolute atomic E-state index is 13.8. The molecule has 0 fully saturated rings. The molecule has 2 heterocycles. The molecule has 1 aromatic heterocycles. The van der Waals surface area contributed by atoms with Crippen LogP contribution in [-0.4, -0.2) is 28.5 Å². The Labute approximate surface area is 169 Å². The summed E-state index contributed by atoms with van der Waals surface area (Å²) in [7, 11) is 2.04. The first kappa shape index (κ1) is 19.2. The van der Waals surface area contributed by atoms with Gasteiger partial charge in [-0.3, -0.25) is 9.69 Å². The van der Waals surface area contributed by atoms with Crippen LogP contribution < -0.4 is 10.1 Å². The Morgan fingerprint density at radius 1 is 1.17 bits per heavy atom. The fourth-order valence-electron chi connectivity index (χ4n) is 3.53. The SMILES string of the molecule is Cn1cccc1CN1CCOc2ccc(C(=O)NCc3ccccc3F)cc2C1. The van der Waals surface area contributed by atoms with Crippen LogP contribution in [0.15, 0.2) is 60.8 Å². The summed E-state index contributed by atoms with van der Waals surface area (Å²) in [6, 6.07) is 16.1. The summed E-state index contributed by atoms with van der Waals surface area (Å²) < 4.78 is 21.8. The number of rotatable bonds is 5. The van der Waals surface area contributed by atoms with E-state index in [0.717, 1.165) is 24.4 Å². The first-order valence-electron chi connectivity index (χ1n) is 9.70. The van der Waals surface area contributed by atoms with E-state index >= 15 is 0 Å². The minimum atomic E-state index is -0.320. The standard InChI is InChI=1S/C23H24FN3O2/c1-26-10-4-6-20(26)16-27-11-12-29-22-9-8-17(13-19(22)15-27)23(28)25-14-18-5-2-3-7-21(18)24/h2-10,13H,11-12,14-16H2,1H3,(H,25,28). The van der Waals surface area contributed by atoms with Crippen LogP contribution in [0, 0.1) is 5.82 Å². The molecule has 6 heteroatoms. The lowest BCUT2D eigenvalue weighted by Gasteiger charge is -2.19. The van der Waals surface area contributed by atoms with Crippen LogP contribution in [-0.2, 0) is 26.7 Å². The van der Waals surface area contributed by atoms with Crippen LogP contribution in [0.2, 0.25) is 0 Å². The maximum Gasteiger partial charge on any atom is 0.251 e. The summed E-state index contributed by atoms with van der Waals surface area (Å²) in [5.74, 6) is 0.263. The average molecular weight is 393 g/mol. The number of hydrogen-bond donors (Lipinski definition) is 1. The smallest absolute Gasteiger partial charge is 0.251 e. The van der Waals surface area contributed by atoms with Crippen LogP contribution in [0.3, 0.4) is 0 Å². The van der Waals surface area contributed by atoms with Gasteiger partial charge in [-0.15, -0.1) is 0 Å². The summed E-state index contributed by atoms with van der Waals surface area (Å²) in [6.45, 7) is 3.09. The molecular weight excluding hydrogens is 369 g/mol. The summed E-state index contributed by atoms with van der Waals surface area (Å²) in [5.41, 5.74) is 3.22. The fraction of sp³-hybridized carbons (Fsp3) is 0.261. The van der Waals surface area contributed by atoms with Crippen molar-refractivity contribution in [3.05, 3.63) is 89.0 Å². The number of aromatic nitrogens is 1. The van der Waals surface area contributed by atoms with Crippen molar-refractivity contribution in [2.45, 2.75) is 19.6 Å². The van der Waals surface area contributed by atoms with Gasteiger partial charge in [0, 0.05) is 61.8 Å². The number of fused-ring (bicyclic) bond motifs is 1. The monoisotopic (exact) mass is 393 g/mol. The van der Waals surface area contributed by atoms with Crippen LogP contribution in [0.25, 0.3) is 0 Å². The van der Waals surface area contributed by atoms with E-state index in [4.69, 9.17) is 4.74 Å². The predicted molar refractivity (Wildman–Crippen MR) is 109 cm³/mol. The number of aryl methyl sites for hydroxylation is 1. The first-order chi connectivity index (χ1) is 14.1. The average Bonchev–Trinajstić information content (AvgIpc) is 3.01. The zero-order chi connectivity index (χ0) is 20.2. The van der Waals surface area contributed by atoms with Gasteiger partial charge in [-0.25, -0.2) is 4.39 Å². The topological polar surface area (TPSA) is 46.5 Å². The van der Waals surface area contributed by atoms with E-state index in [0.29, 0.717) is 24.3 Å². The lowest BCUT2D eigenvalue weighted by molar-refractivity contribution is 0.0950. The molecule has 1 aliphatic heterocycles. The Morgan fingerprint density at radius 2 is 2.03 bits per heavy atom. The molecule has 2 aromatic carbocycles. The Kier molecular flexibility index (Phi) is 5.62. The van der Waals surface area contributed by atoms with Crippen molar-refractivity contribution in [3.63, 3.8) is 0 Å². The number of carbonyl (C=O) groups is 1. The van der Waals surface area contributed by atoms with Gasteiger partial charge in [0.2, 0.25) is 0 Å². The molecule has 0 atom stereocenters. The summed E-state index contributed by atoms with van der Waals surface area (Å²) in [6.07, 6.45) is 2.04. The molecule has 0 aliphatic carbocycles. The van der Waals surface area contributed by atoms with Crippen molar-refractivity contribution in [3.8, 4) is 5.75 Å². The lowest BCUT2D eigenvalue weighted by Crippen LogP contribution is -2.26. The number of benzene rings is 2. The van der Waals surface area contributed by atoms with E-state index in [9.17, 15) is 9.18 Å². The third-order valence-corrected chi connectivity index (χ3v) is 5.22. The number of nitrogens with one attached hydrogen (secondary N) is 1. The number of ether oxygens (including phenoxy) is 1. The minimum absolute atomic E-state index is 0.151. The number of amides is 1. The third kappa shape index (κ3) is 4.49. The molecule has 1 aliphatic rings. The Balaban J connectivity index is 1.46. The summed E-state index contributed by atoms with van der Waals surface area (Å²) in [5, 5.41) is 2.80. The predicted octanol–water partition coefficient (Wildman–Crippen LogP) is 3.49. The molecule has 0 saturated heterocycles. The summed E-state index contributed by atoms with van der Waals surface area (Å²) in [4.78, 5) is 14.9. The van der Waals surface area contributed by atoms with Gasteiger partial charge in [0.1, 0.15) is 18.2 Å². The minimum Gasteiger partial charge on any atom is -0.492 e. The van der Waals surface area contributed by atoms with Gasteiger partial charge in [0.05, 0.1) is 0 Å². The molecule has 5 nitrogen and oxygen atoms in total. The van der Waals surface area contributed by atoms with Crippen molar-refractivity contribution in [1.29, 1.82) is 0 Å². The van der Waals surface area contributed by atoms with Gasteiger partial charge in [-0.2, -0.15) is 0 Å². The van der Waals surface area contributed by atoms with E-state index in [-0.39, 0.29) is 18.3 Å². The highest BCUT2D eigenvalue weighted by Gasteiger charge is 2.18. The molecule has 0 saturated carbocycles. The van der Waals surface area contributed by atoms with Gasteiger partial charge in [0.25, 0.3) is 5.91 Å². The quantitative estimate of drug-likeness (QED) is 0.722. The molecule has 3 aromatic rings. The second kappa shape index (κ2) is 8.49. The normalized spacial score (nSPS) is 14.0. The van der Waals surface area contributed by atoms with Crippen molar-refractivity contribution in [1.82, 2.24) is 14.8 Å².